The average molecular weight is 421 g/mol. The Morgan fingerprint density at radius 2 is 1.39 bits per heavy atom. The second kappa shape index (κ2) is 13.6. The lowest BCUT2D eigenvalue weighted by Gasteiger charge is -2.25. The van der Waals surface area contributed by atoms with Gasteiger partial charge in [-0.05, 0) is 66.0 Å². The lowest BCUT2D eigenvalue weighted by Crippen LogP contribution is -2.14. The summed E-state index contributed by atoms with van der Waals surface area (Å²) < 4.78 is 5.91. The summed E-state index contributed by atoms with van der Waals surface area (Å²) in [5.41, 5.74) is 5.82. The van der Waals surface area contributed by atoms with Gasteiger partial charge in [-0.1, -0.05) is 108 Å². The van der Waals surface area contributed by atoms with E-state index in [2.05, 4.69) is 56.3 Å². The minimum Gasteiger partial charge on any atom is -0.494 e. The van der Waals surface area contributed by atoms with E-state index in [1.807, 2.05) is 0 Å². The second-order valence-corrected chi connectivity index (χ2v) is 9.58. The minimum absolute atomic E-state index is 0.831. The second-order valence-electron chi connectivity index (χ2n) is 9.58. The van der Waals surface area contributed by atoms with E-state index in [-0.39, 0.29) is 0 Å². The summed E-state index contributed by atoms with van der Waals surface area (Å²) in [6.45, 7) is 5.37. The van der Waals surface area contributed by atoms with Crippen molar-refractivity contribution in [1.29, 1.82) is 0 Å². The van der Waals surface area contributed by atoms with Gasteiger partial charge < -0.3 is 4.74 Å². The number of unbranched alkanes of at least 4 members (excludes halogenated alkanes) is 8. The van der Waals surface area contributed by atoms with Gasteiger partial charge in [0.2, 0.25) is 0 Å². The molecule has 0 bridgehead atoms. The molecule has 0 heterocycles. The van der Waals surface area contributed by atoms with Crippen molar-refractivity contribution in [2.45, 2.75) is 104 Å². The molecule has 31 heavy (non-hydrogen) atoms. The van der Waals surface area contributed by atoms with Gasteiger partial charge in [-0.2, -0.15) is 0 Å². The van der Waals surface area contributed by atoms with Gasteiger partial charge in [0.15, 0.2) is 0 Å². The molecule has 0 spiro atoms. The molecule has 3 rings (SSSR count). The summed E-state index contributed by atoms with van der Waals surface area (Å²) in [5.74, 6) is 1.90. The standard InChI is InChI=1S/C30H44O/c1-3-5-7-9-10-11-13-25-14-15-29-24-28(17-16-27(29)23-25)26-18-20-30(21-19-26)31-22-12-8-6-4-2/h16-21,24-25H,3-15,22-23H2,1-2H3. The fourth-order valence-electron chi connectivity index (χ4n) is 4.93. The highest BCUT2D eigenvalue weighted by molar-refractivity contribution is 5.66. The first-order valence-electron chi connectivity index (χ1n) is 13.1. The number of hydrogen-bond donors (Lipinski definition) is 0. The van der Waals surface area contributed by atoms with Crippen molar-refractivity contribution in [3.8, 4) is 16.9 Å². The quantitative estimate of drug-likeness (QED) is 0.277. The highest BCUT2D eigenvalue weighted by atomic mass is 16.5. The van der Waals surface area contributed by atoms with Crippen LogP contribution in [-0.4, -0.2) is 6.61 Å². The van der Waals surface area contributed by atoms with Crippen LogP contribution >= 0.6 is 0 Å². The third kappa shape index (κ3) is 8.02. The Bertz CT molecular complexity index is 746. The Morgan fingerprint density at radius 3 is 2.16 bits per heavy atom. The molecule has 0 aromatic heterocycles. The normalized spacial score (nSPS) is 15.6. The Morgan fingerprint density at radius 1 is 0.710 bits per heavy atom. The lowest BCUT2D eigenvalue weighted by atomic mass is 9.80. The molecule has 1 aliphatic carbocycles. The average Bonchev–Trinajstić information content (AvgIpc) is 2.81. The van der Waals surface area contributed by atoms with Crippen molar-refractivity contribution in [1.82, 2.24) is 0 Å². The van der Waals surface area contributed by atoms with E-state index in [4.69, 9.17) is 4.74 Å². The highest BCUT2D eigenvalue weighted by Gasteiger charge is 2.18. The Balaban J connectivity index is 1.46. The smallest absolute Gasteiger partial charge is 0.119 e. The molecule has 0 saturated heterocycles. The van der Waals surface area contributed by atoms with Crippen molar-refractivity contribution in [3.63, 3.8) is 0 Å². The first-order chi connectivity index (χ1) is 15.3. The SMILES string of the molecule is CCCCCCCCC1CCc2cc(-c3ccc(OCCCCCC)cc3)ccc2C1. The molecule has 170 valence electrons. The third-order valence-electron chi connectivity index (χ3n) is 6.96. The summed E-state index contributed by atoms with van der Waals surface area (Å²) >= 11 is 0. The summed E-state index contributed by atoms with van der Waals surface area (Å²) in [4.78, 5) is 0. The van der Waals surface area contributed by atoms with Crippen molar-refractivity contribution in [2.75, 3.05) is 6.61 Å². The van der Waals surface area contributed by atoms with E-state index in [1.165, 1.54) is 94.6 Å². The molecule has 0 amide bonds. The van der Waals surface area contributed by atoms with Crippen LogP contribution in [0.2, 0.25) is 0 Å². The Labute approximate surface area is 191 Å². The number of ether oxygens (including phenoxy) is 1. The first kappa shape index (κ1) is 23.9. The van der Waals surface area contributed by atoms with Crippen LogP contribution < -0.4 is 4.74 Å². The Kier molecular flexibility index (Phi) is 10.5. The molecular formula is C30H44O. The minimum atomic E-state index is 0.831. The van der Waals surface area contributed by atoms with Crippen LogP contribution in [0.3, 0.4) is 0 Å². The molecule has 0 aliphatic heterocycles. The molecule has 1 unspecified atom stereocenters. The van der Waals surface area contributed by atoms with Crippen LogP contribution in [-0.2, 0) is 12.8 Å². The van der Waals surface area contributed by atoms with E-state index >= 15 is 0 Å². The summed E-state index contributed by atoms with van der Waals surface area (Å²) in [7, 11) is 0. The molecule has 2 aromatic carbocycles. The molecule has 1 aliphatic rings. The zero-order chi connectivity index (χ0) is 21.7. The van der Waals surface area contributed by atoms with Crippen LogP contribution in [0, 0.1) is 5.92 Å². The zero-order valence-electron chi connectivity index (χ0n) is 20.1. The maximum absolute atomic E-state index is 5.91. The number of rotatable bonds is 14. The number of fused-ring (bicyclic) bond motifs is 1. The molecule has 1 nitrogen and oxygen atoms in total. The van der Waals surface area contributed by atoms with Crippen molar-refractivity contribution in [2.24, 2.45) is 5.92 Å². The maximum atomic E-state index is 5.91. The predicted octanol–water partition coefficient (Wildman–Crippen LogP) is 9.17. The molecule has 2 aromatic rings. The van der Waals surface area contributed by atoms with Gasteiger partial charge in [-0.25, -0.2) is 0 Å². The number of hydrogen-bond acceptors (Lipinski definition) is 1. The van der Waals surface area contributed by atoms with Crippen LogP contribution in [0.15, 0.2) is 42.5 Å². The van der Waals surface area contributed by atoms with Gasteiger partial charge in [0.1, 0.15) is 5.75 Å². The fourth-order valence-corrected chi connectivity index (χ4v) is 4.93. The fraction of sp³-hybridized carbons (Fsp3) is 0.600. The van der Waals surface area contributed by atoms with E-state index in [0.29, 0.717) is 0 Å². The highest BCUT2D eigenvalue weighted by Crippen LogP contribution is 2.32. The topological polar surface area (TPSA) is 9.23 Å². The maximum Gasteiger partial charge on any atom is 0.119 e. The van der Waals surface area contributed by atoms with Crippen LogP contribution in [0.1, 0.15) is 102 Å². The lowest BCUT2D eigenvalue weighted by molar-refractivity contribution is 0.305. The van der Waals surface area contributed by atoms with E-state index in [0.717, 1.165) is 24.7 Å². The molecule has 0 fully saturated rings. The summed E-state index contributed by atoms with van der Waals surface area (Å²) in [5, 5.41) is 0. The largest absolute Gasteiger partial charge is 0.494 e. The van der Waals surface area contributed by atoms with Gasteiger partial charge in [0.05, 0.1) is 6.61 Å². The summed E-state index contributed by atoms with van der Waals surface area (Å²) in [6, 6.07) is 15.9. The molecule has 1 atom stereocenters. The third-order valence-corrected chi connectivity index (χ3v) is 6.96. The van der Waals surface area contributed by atoms with Gasteiger partial charge in [-0.15, -0.1) is 0 Å². The molecular weight excluding hydrogens is 376 g/mol. The van der Waals surface area contributed by atoms with Crippen molar-refractivity contribution in [3.05, 3.63) is 53.6 Å². The molecule has 1 heteroatoms. The Hall–Kier alpha value is -1.76. The van der Waals surface area contributed by atoms with E-state index < -0.39 is 0 Å². The number of benzene rings is 2. The predicted molar refractivity (Wildman–Crippen MR) is 135 cm³/mol. The number of aryl methyl sites for hydroxylation is 1. The van der Waals surface area contributed by atoms with E-state index in [1.54, 1.807) is 11.1 Å². The molecule has 0 radical (unpaired) electrons. The monoisotopic (exact) mass is 420 g/mol. The summed E-state index contributed by atoms with van der Waals surface area (Å²) in [6.07, 6.45) is 18.8. The zero-order valence-corrected chi connectivity index (χ0v) is 20.1. The van der Waals surface area contributed by atoms with Crippen molar-refractivity contribution < 1.29 is 4.74 Å². The van der Waals surface area contributed by atoms with Crippen LogP contribution in [0.4, 0.5) is 0 Å². The van der Waals surface area contributed by atoms with Gasteiger partial charge >= 0.3 is 0 Å². The molecule has 0 N–H and O–H groups in total. The van der Waals surface area contributed by atoms with Crippen LogP contribution in [0.5, 0.6) is 5.75 Å². The van der Waals surface area contributed by atoms with E-state index in [9.17, 15) is 0 Å². The van der Waals surface area contributed by atoms with Crippen LogP contribution in [0.25, 0.3) is 11.1 Å². The van der Waals surface area contributed by atoms with Gasteiger partial charge in [0, 0.05) is 0 Å². The van der Waals surface area contributed by atoms with Crippen molar-refractivity contribution >= 4 is 0 Å². The molecule has 0 saturated carbocycles. The van der Waals surface area contributed by atoms with Gasteiger partial charge in [-0.3, -0.25) is 0 Å². The van der Waals surface area contributed by atoms with Gasteiger partial charge in [0.25, 0.3) is 0 Å². The first-order valence-corrected chi connectivity index (χ1v) is 13.1.